The average Bonchev–Trinajstić information content (AvgIpc) is 2.16. The van der Waals surface area contributed by atoms with E-state index in [4.69, 9.17) is 0 Å². The van der Waals surface area contributed by atoms with E-state index in [0.717, 1.165) is 5.56 Å². The average molecular weight is 179 g/mol. The van der Waals surface area contributed by atoms with Crippen molar-refractivity contribution in [3.05, 3.63) is 35.6 Å². The minimum atomic E-state index is -0.284. The van der Waals surface area contributed by atoms with Gasteiger partial charge in [-0.15, -0.1) is 0 Å². The molecule has 13 heavy (non-hydrogen) atoms. The first-order valence-electron chi connectivity index (χ1n) is 4.10. The van der Waals surface area contributed by atoms with Crippen molar-refractivity contribution in [1.29, 1.82) is 0 Å². The van der Waals surface area contributed by atoms with E-state index in [0.29, 0.717) is 6.42 Å². The number of nitrogens with zero attached hydrogens (tertiary/aromatic N) is 1. The number of hydrogen-bond acceptors (Lipinski definition) is 2. The minimum absolute atomic E-state index is 0.196. The second-order valence-corrected chi connectivity index (χ2v) is 2.70. The van der Waals surface area contributed by atoms with Crippen LogP contribution in [-0.4, -0.2) is 6.08 Å². The third-order valence-electron chi connectivity index (χ3n) is 1.85. The van der Waals surface area contributed by atoms with Crippen LogP contribution in [0.3, 0.4) is 0 Å². The summed E-state index contributed by atoms with van der Waals surface area (Å²) in [5, 5.41) is 0. The van der Waals surface area contributed by atoms with Crippen LogP contribution in [0.25, 0.3) is 0 Å². The summed E-state index contributed by atoms with van der Waals surface area (Å²) in [5.41, 5.74) is 0.840. The molecule has 1 aromatic carbocycles. The van der Waals surface area contributed by atoms with Crippen LogP contribution in [0.15, 0.2) is 29.3 Å². The Morgan fingerprint density at radius 2 is 2.08 bits per heavy atom. The van der Waals surface area contributed by atoms with Gasteiger partial charge in [0.05, 0.1) is 6.04 Å². The molecule has 1 atom stereocenters. The molecule has 1 rings (SSSR count). The lowest BCUT2D eigenvalue weighted by Gasteiger charge is -2.06. The first kappa shape index (κ1) is 9.62. The van der Waals surface area contributed by atoms with Gasteiger partial charge in [0.2, 0.25) is 6.08 Å². The Balaban J connectivity index is 2.91. The number of rotatable bonds is 3. The summed E-state index contributed by atoms with van der Waals surface area (Å²) in [4.78, 5) is 13.7. The molecule has 0 saturated heterocycles. The predicted octanol–water partition coefficient (Wildman–Crippen LogP) is 2.61. The SMILES string of the molecule is CCC(N=C=O)c1ccc(F)cc1. The summed E-state index contributed by atoms with van der Waals surface area (Å²) in [7, 11) is 0. The maximum absolute atomic E-state index is 12.5. The van der Waals surface area contributed by atoms with Gasteiger partial charge in [-0.1, -0.05) is 19.1 Å². The molecule has 0 N–H and O–H groups in total. The molecule has 0 bridgehead atoms. The Labute approximate surface area is 76.1 Å². The standard InChI is InChI=1S/C10H10FNO/c1-2-10(12-7-13)8-3-5-9(11)6-4-8/h3-6,10H,2H2,1H3. The van der Waals surface area contributed by atoms with E-state index in [9.17, 15) is 9.18 Å². The van der Waals surface area contributed by atoms with E-state index in [1.54, 1.807) is 12.1 Å². The quantitative estimate of drug-likeness (QED) is 0.518. The van der Waals surface area contributed by atoms with Gasteiger partial charge < -0.3 is 0 Å². The third-order valence-corrected chi connectivity index (χ3v) is 1.85. The van der Waals surface area contributed by atoms with Gasteiger partial charge in [-0.3, -0.25) is 0 Å². The zero-order valence-corrected chi connectivity index (χ0v) is 7.33. The lowest BCUT2D eigenvalue weighted by Crippen LogP contribution is -1.92. The molecule has 0 heterocycles. The Kier molecular flexibility index (Phi) is 3.35. The Hall–Kier alpha value is -1.47. The van der Waals surface area contributed by atoms with Crippen molar-refractivity contribution in [3.8, 4) is 0 Å². The van der Waals surface area contributed by atoms with Crippen molar-refractivity contribution in [2.45, 2.75) is 19.4 Å². The van der Waals surface area contributed by atoms with Gasteiger partial charge in [0, 0.05) is 0 Å². The first-order valence-corrected chi connectivity index (χ1v) is 4.10. The molecule has 0 aromatic heterocycles. The summed E-state index contributed by atoms with van der Waals surface area (Å²) in [6.45, 7) is 1.91. The Bertz CT molecular complexity index is 314. The second-order valence-electron chi connectivity index (χ2n) is 2.70. The summed E-state index contributed by atoms with van der Waals surface area (Å²) >= 11 is 0. The highest BCUT2D eigenvalue weighted by Gasteiger charge is 2.06. The molecule has 1 unspecified atom stereocenters. The van der Waals surface area contributed by atoms with Crippen LogP contribution < -0.4 is 0 Å². The molecule has 2 nitrogen and oxygen atoms in total. The molecular weight excluding hydrogens is 169 g/mol. The monoisotopic (exact) mass is 179 g/mol. The Morgan fingerprint density at radius 1 is 1.46 bits per heavy atom. The first-order chi connectivity index (χ1) is 6.27. The molecule has 0 amide bonds. The summed E-state index contributed by atoms with van der Waals surface area (Å²) in [6.07, 6.45) is 2.22. The van der Waals surface area contributed by atoms with E-state index in [2.05, 4.69) is 4.99 Å². The molecule has 0 aliphatic carbocycles. The van der Waals surface area contributed by atoms with Gasteiger partial charge >= 0.3 is 0 Å². The molecule has 68 valence electrons. The lowest BCUT2D eigenvalue weighted by atomic mass is 10.1. The van der Waals surface area contributed by atoms with E-state index in [-0.39, 0.29) is 11.9 Å². The molecule has 0 aliphatic heterocycles. The van der Waals surface area contributed by atoms with Gasteiger partial charge in [0.15, 0.2) is 0 Å². The summed E-state index contributed by atoms with van der Waals surface area (Å²) in [6, 6.07) is 5.78. The topological polar surface area (TPSA) is 29.4 Å². The molecule has 0 saturated carbocycles. The summed E-state index contributed by atoms with van der Waals surface area (Å²) < 4.78 is 12.5. The van der Waals surface area contributed by atoms with Gasteiger partial charge in [-0.25, -0.2) is 9.18 Å². The molecule has 0 aliphatic rings. The van der Waals surface area contributed by atoms with Crippen LogP contribution in [0.4, 0.5) is 4.39 Å². The van der Waals surface area contributed by atoms with E-state index < -0.39 is 0 Å². The van der Waals surface area contributed by atoms with E-state index in [1.807, 2.05) is 6.92 Å². The number of carbonyl (C=O) groups excluding carboxylic acids is 1. The molecule has 1 aromatic rings. The van der Waals surface area contributed by atoms with Crippen LogP contribution in [0.2, 0.25) is 0 Å². The van der Waals surface area contributed by atoms with Gasteiger partial charge in [0.1, 0.15) is 5.82 Å². The maximum Gasteiger partial charge on any atom is 0.235 e. The predicted molar refractivity (Wildman–Crippen MR) is 47.6 cm³/mol. The zero-order valence-electron chi connectivity index (χ0n) is 7.33. The van der Waals surface area contributed by atoms with Crippen LogP contribution in [-0.2, 0) is 4.79 Å². The van der Waals surface area contributed by atoms with Crippen molar-refractivity contribution in [2.24, 2.45) is 4.99 Å². The van der Waals surface area contributed by atoms with Crippen LogP contribution >= 0.6 is 0 Å². The molecule has 0 radical (unpaired) electrons. The number of isocyanates is 1. The summed E-state index contributed by atoms with van der Waals surface area (Å²) in [5.74, 6) is -0.284. The van der Waals surface area contributed by atoms with E-state index in [1.165, 1.54) is 18.2 Å². The normalized spacial score (nSPS) is 11.8. The number of halogens is 1. The minimum Gasteiger partial charge on any atom is -0.211 e. The maximum atomic E-state index is 12.5. The highest BCUT2D eigenvalue weighted by atomic mass is 19.1. The van der Waals surface area contributed by atoms with Crippen LogP contribution in [0, 0.1) is 5.82 Å². The molecule has 0 fully saturated rings. The molecular formula is C10H10FNO. The van der Waals surface area contributed by atoms with Crippen molar-refractivity contribution < 1.29 is 9.18 Å². The van der Waals surface area contributed by atoms with Gasteiger partial charge in [-0.2, -0.15) is 4.99 Å². The largest absolute Gasteiger partial charge is 0.235 e. The highest BCUT2D eigenvalue weighted by Crippen LogP contribution is 2.20. The fourth-order valence-corrected chi connectivity index (χ4v) is 1.15. The fraction of sp³-hybridized carbons (Fsp3) is 0.300. The van der Waals surface area contributed by atoms with Crippen molar-refractivity contribution in [1.82, 2.24) is 0 Å². The van der Waals surface area contributed by atoms with E-state index >= 15 is 0 Å². The van der Waals surface area contributed by atoms with Gasteiger partial charge in [0.25, 0.3) is 0 Å². The number of benzene rings is 1. The van der Waals surface area contributed by atoms with Crippen molar-refractivity contribution in [2.75, 3.05) is 0 Å². The van der Waals surface area contributed by atoms with Crippen molar-refractivity contribution in [3.63, 3.8) is 0 Å². The van der Waals surface area contributed by atoms with Gasteiger partial charge in [-0.05, 0) is 24.1 Å². The van der Waals surface area contributed by atoms with Crippen LogP contribution in [0.1, 0.15) is 24.9 Å². The highest BCUT2D eigenvalue weighted by molar-refractivity contribution is 5.35. The zero-order chi connectivity index (χ0) is 9.68. The smallest absolute Gasteiger partial charge is 0.211 e. The lowest BCUT2D eigenvalue weighted by molar-refractivity contribution is 0.555. The van der Waals surface area contributed by atoms with Crippen LogP contribution in [0.5, 0.6) is 0 Å². The third kappa shape index (κ3) is 2.49. The number of hydrogen-bond donors (Lipinski definition) is 0. The Morgan fingerprint density at radius 3 is 2.54 bits per heavy atom. The second kappa shape index (κ2) is 4.53. The van der Waals surface area contributed by atoms with Crippen molar-refractivity contribution >= 4 is 6.08 Å². The molecule has 3 heteroatoms. The fourth-order valence-electron chi connectivity index (χ4n) is 1.15. The molecule has 0 spiro atoms. The number of aliphatic imine (C=N–C) groups is 1.